The number of rotatable bonds is 5. The standard InChI is InChI=1S/C7H12N2O4/c1-2-6(11)9-4(7(12)13)3-5(8)10/h4H,2-3H2,1H3,(H2,8,10)(H,9,11)(H,12,13). The van der Waals surface area contributed by atoms with Crippen LogP contribution in [0.25, 0.3) is 0 Å². The highest BCUT2D eigenvalue weighted by atomic mass is 16.4. The van der Waals surface area contributed by atoms with Crippen LogP contribution in [0, 0.1) is 0 Å². The number of aliphatic carboxylic acids is 1. The molecule has 4 N–H and O–H groups in total. The molecule has 13 heavy (non-hydrogen) atoms. The van der Waals surface area contributed by atoms with Crippen LogP contribution in [-0.4, -0.2) is 28.9 Å². The minimum absolute atomic E-state index is 0.169. The Morgan fingerprint density at radius 1 is 1.46 bits per heavy atom. The van der Waals surface area contributed by atoms with E-state index in [1.165, 1.54) is 0 Å². The Hall–Kier alpha value is -1.59. The van der Waals surface area contributed by atoms with E-state index < -0.39 is 23.8 Å². The number of carboxylic acids is 1. The van der Waals surface area contributed by atoms with Crippen LogP contribution in [-0.2, 0) is 14.4 Å². The maximum Gasteiger partial charge on any atom is 0.326 e. The van der Waals surface area contributed by atoms with Crippen LogP contribution in [0.5, 0.6) is 0 Å². The van der Waals surface area contributed by atoms with Gasteiger partial charge in [-0.05, 0) is 0 Å². The van der Waals surface area contributed by atoms with Crippen LogP contribution in [0.15, 0.2) is 0 Å². The van der Waals surface area contributed by atoms with Crippen molar-refractivity contribution in [1.29, 1.82) is 0 Å². The van der Waals surface area contributed by atoms with Crippen molar-refractivity contribution >= 4 is 17.8 Å². The van der Waals surface area contributed by atoms with Crippen LogP contribution in [0.3, 0.4) is 0 Å². The highest BCUT2D eigenvalue weighted by Crippen LogP contribution is 1.92. The first-order valence-corrected chi connectivity index (χ1v) is 3.77. The smallest absolute Gasteiger partial charge is 0.326 e. The second kappa shape index (κ2) is 5.13. The third-order valence-corrected chi connectivity index (χ3v) is 1.36. The Morgan fingerprint density at radius 3 is 2.31 bits per heavy atom. The fourth-order valence-electron chi connectivity index (χ4n) is 0.698. The molecule has 6 heteroatoms. The third-order valence-electron chi connectivity index (χ3n) is 1.36. The van der Waals surface area contributed by atoms with E-state index in [0.29, 0.717) is 0 Å². The minimum Gasteiger partial charge on any atom is -0.480 e. The van der Waals surface area contributed by atoms with Gasteiger partial charge in [0.15, 0.2) is 0 Å². The summed E-state index contributed by atoms with van der Waals surface area (Å²) in [5.41, 5.74) is 4.79. The zero-order valence-corrected chi connectivity index (χ0v) is 7.24. The number of primary amides is 1. The summed E-state index contributed by atoms with van der Waals surface area (Å²) in [4.78, 5) is 31.6. The second-order valence-corrected chi connectivity index (χ2v) is 2.48. The summed E-state index contributed by atoms with van der Waals surface area (Å²) >= 11 is 0. The van der Waals surface area contributed by atoms with E-state index in [1.54, 1.807) is 6.92 Å². The van der Waals surface area contributed by atoms with E-state index in [2.05, 4.69) is 5.32 Å². The molecule has 1 unspecified atom stereocenters. The van der Waals surface area contributed by atoms with Crippen molar-refractivity contribution in [2.75, 3.05) is 0 Å². The monoisotopic (exact) mass is 188 g/mol. The van der Waals surface area contributed by atoms with Crippen molar-refractivity contribution in [3.05, 3.63) is 0 Å². The van der Waals surface area contributed by atoms with Gasteiger partial charge < -0.3 is 16.2 Å². The van der Waals surface area contributed by atoms with Crippen LogP contribution >= 0.6 is 0 Å². The molecule has 0 aliphatic rings. The van der Waals surface area contributed by atoms with Gasteiger partial charge in [-0.25, -0.2) is 4.79 Å². The van der Waals surface area contributed by atoms with Gasteiger partial charge in [0.05, 0.1) is 6.42 Å². The maximum absolute atomic E-state index is 10.8. The van der Waals surface area contributed by atoms with Crippen LogP contribution in [0.4, 0.5) is 0 Å². The number of nitrogens with two attached hydrogens (primary N) is 1. The molecule has 2 amide bonds. The maximum atomic E-state index is 10.8. The first-order valence-electron chi connectivity index (χ1n) is 3.77. The molecular weight excluding hydrogens is 176 g/mol. The lowest BCUT2D eigenvalue weighted by atomic mass is 10.2. The van der Waals surface area contributed by atoms with Gasteiger partial charge in [0.2, 0.25) is 11.8 Å². The average Bonchev–Trinajstić information content (AvgIpc) is 2.02. The summed E-state index contributed by atoms with van der Waals surface area (Å²) < 4.78 is 0. The lowest BCUT2D eigenvalue weighted by Crippen LogP contribution is -2.43. The quantitative estimate of drug-likeness (QED) is 0.505. The van der Waals surface area contributed by atoms with Gasteiger partial charge in [-0.15, -0.1) is 0 Å². The van der Waals surface area contributed by atoms with Crippen molar-refractivity contribution in [2.45, 2.75) is 25.8 Å². The minimum atomic E-state index is -1.26. The number of carbonyl (C=O) groups excluding carboxylic acids is 2. The van der Waals surface area contributed by atoms with Crippen LogP contribution in [0.2, 0.25) is 0 Å². The molecule has 0 fully saturated rings. The zero-order chi connectivity index (χ0) is 10.4. The first-order chi connectivity index (χ1) is 5.97. The van der Waals surface area contributed by atoms with Gasteiger partial charge >= 0.3 is 5.97 Å². The molecule has 1 atom stereocenters. The van der Waals surface area contributed by atoms with Gasteiger partial charge in [0.1, 0.15) is 6.04 Å². The van der Waals surface area contributed by atoms with E-state index in [-0.39, 0.29) is 12.8 Å². The van der Waals surface area contributed by atoms with E-state index in [9.17, 15) is 14.4 Å². The van der Waals surface area contributed by atoms with Gasteiger partial charge in [0, 0.05) is 6.42 Å². The van der Waals surface area contributed by atoms with Crippen molar-refractivity contribution < 1.29 is 19.5 Å². The molecule has 0 rings (SSSR count). The molecule has 0 radical (unpaired) electrons. The third kappa shape index (κ3) is 4.78. The van der Waals surface area contributed by atoms with Crippen LogP contribution in [0.1, 0.15) is 19.8 Å². The number of hydrogen-bond acceptors (Lipinski definition) is 3. The Balaban J connectivity index is 4.18. The highest BCUT2D eigenvalue weighted by molar-refractivity contribution is 5.87. The predicted molar refractivity (Wildman–Crippen MR) is 43.7 cm³/mol. The van der Waals surface area contributed by atoms with Crippen molar-refractivity contribution in [3.8, 4) is 0 Å². The number of carboxylic acid groups (broad SMARTS) is 1. The molecule has 0 aromatic carbocycles. The Morgan fingerprint density at radius 2 is 2.00 bits per heavy atom. The summed E-state index contributed by atoms with van der Waals surface area (Å²) in [6, 6.07) is -1.22. The number of carbonyl (C=O) groups is 3. The van der Waals surface area contributed by atoms with E-state index >= 15 is 0 Å². The number of nitrogens with one attached hydrogen (secondary N) is 1. The van der Waals surface area contributed by atoms with Crippen LogP contribution < -0.4 is 11.1 Å². The molecule has 0 saturated carbocycles. The fourth-order valence-corrected chi connectivity index (χ4v) is 0.698. The molecule has 0 aliphatic carbocycles. The molecule has 74 valence electrons. The summed E-state index contributed by atoms with van der Waals surface area (Å²) in [7, 11) is 0. The fraction of sp³-hybridized carbons (Fsp3) is 0.571. The largest absolute Gasteiger partial charge is 0.480 e. The Bertz CT molecular complexity index is 227. The summed E-state index contributed by atoms with van der Waals surface area (Å²) in [6.07, 6.45) is -0.219. The molecule has 0 aromatic heterocycles. The molecule has 0 heterocycles. The van der Waals surface area contributed by atoms with Gasteiger partial charge in [-0.1, -0.05) is 6.92 Å². The van der Waals surface area contributed by atoms with E-state index in [4.69, 9.17) is 10.8 Å². The van der Waals surface area contributed by atoms with Crippen molar-refractivity contribution in [1.82, 2.24) is 5.32 Å². The molecular formula is C7H12N2O4. The highest BCUT2D eigenvalue weighted by Gasteiger charge is 2.20. The molecule has 0 aromatic rings. The van der Waals surface area contributed by atoms with E-state index in [0.717, 1.165) is 0 Å². The summed E-state index contributed by atoms with van der Waals surface area (Å²) in [6.45, 7) is 1.58. The lowest BCUT2D eigenvalue weighted by Gasteiger charge is -2.11. The lowest BCUT2D eigenvalue weighted by molar-refractivity contribution is -0.143. The average molecular weight is 188 g/mol. The molecule has 0 saturated heterocycles. The first kappa shape index (κ1) is 11.4. The SMILES string of the molecule is CCC(=O)NC(CC(N)=O)C(=O)O. The van der Waals surface area contributed by atoms with E-state index in [1.807, 2.05) is 0 Å². The summed E-state index contributed by atoms with van der Waals surface area (Å²) in [5.74, 6) is -2.45. The van der Waals surface area contributed by atoms with Gasteiger partial charge in [0.25, 0.3) is 0 Å². The molecule has 6 nitrogen and oxygen atoms in total. The van der Waals surface area contributed by atoms with Gasteiger partial charge in [-0.2, -0.15) is 0 Å². The Labute approximate surface area is 75.1 Å². The molecule has 0 spiro atoms. The topological polar surface area (TPSA) is 109 Å². The normalized spacial score (nSPS) is 11.8. The molecule has 0 aliphatic heterocycles. The van der Waals surface area contributed by atoms with Crippen molar-refractivity contribution in [3.63, 3.8) is 0 Å². The summed E-state index contributed by atoms with van der Waals surface area (Å²) in [5, 5.41) is 10.7. The zero-order valence-electron chi connectivity index (χ0n) is 7.24. The molecule has 0 bridgehead atoms. The number of hydrogen-bond donors (Lipinski definition) is 3. The number of amides is 2. The van der Waals surface area contributed by atoms with Gasteiger partial charge in [-0.3, -0.25) is 9.59 Å². The van der Waals surface area contributed by atoms with Crippen molar-refractivity contribution in [2.24, 2.45) is 5.73 Å². The predicted octanol–water partition coefficient (Wildman–Crippen LogP) is -1.16. The second-order valence-electron chi connectivity index (χ2n) is 2.48. The Kier molecular flexibility index (Phi) is 4.50.